The highest BCUT2D eigenvalue weighted by atomic mass is 16.5. The first kappa shape index (κ1) is 16.0. The van der Waals surface area contributed by atoms with Crippen LogP contribution in [0.3, 0.4) is 0 Å². The molecule has 0 amide bonds. The third-order valence-electron chi connectivity index (χ3n) is 6.04. The summed E-state index contributed by atoms with van der Waals surface area (Å²) in [7, 11) is 0. The summed E-state index contributed by atoms with van der Waals surface area (Å²) in [6.45, 7) is 3.20. The fourth-order valence-corrected chi connectivity index (χ4v) is 4.63. The van der Waals surface area contributed by atoms with Crippen molar-refractivity contribution < 1.29 is 4.74 Å². The number of ether oxygens (including phenoxy) is 1. The van der Waals surface area contributed by atoms with Crippen LogP contribution in [0.4, 0.5) is 0 Å². The number of aryl methyl sites for hydroxylation is 1. The van der Waals surface area contributed by atoms with Crippen molar-refractivity contribution in [1.82, 2.24) is 9.88 Å². The lowest BCUT2D eigenvalue weighted by Gasteiger charge is -2.31. The number of aromatic nitrogens is 1. The molecule has 2 heterocycles. The van der Waals surface area contributed by atoms with Gasteiger partial charge in [-0.15, -0.1) is 0 Å². The number of hydrogen-bond donors (Lipinski definition) is 1. The fraction of sp³-hybridized carbons (Fsp3) is 0.391. The van der Waals surface area contributed by atoms with E-state index < -0.39 is 0 Å². The quantitative estimate of drug-likeness (QED) is 0.742. The van der Waals surface area contributed by atoms with Crippen LogP contribution in [0.5, 0.6) is 5.75 Å². The lowest BCUT2D eigenvalue weighted by molar-refractivity contribution is 0.222. The summed E-state index contributed by atoms with van der Waals surface area (Å²) < 4.78 is 6.01. The Kier molecular flexibility index (Phi) is 4.18. The Balaban J connectivity index is 1.36. The van der Waals surface area contributed by atoms with E-state index in [-0.39, 0.29) is 0 Å². The number of benzene rings is 2. The van der Waals surface area contributed by atoms with E-state index in [1.54, 1.807) is 0 Å². The molecular formula is C23H26N2O. The summed E-state index contributed by atoms with van der Waals surface area (Å²) in [5, 5.41) is 1.39. The molecule has 1 saturated heterocycles. The van der Waals surface area contributed by atoms with Gasteiger partial charge in [-0.25, -0.2) is 0 Å². The second kappa shape index (κ2) is 6.81. The van der Waals surface area contributed by atoms with Gasteiger partial charge < -0.3 is 14.6 Å². The molecule has 0 spiro atoms. The smallest absolute Gasteiger partial charge is 0.121 e. The van der Waals surface area contributed by atoms with Gasteiger partial charge in [0, 0.05) is 28.7 Å². The molecule has 1 N–H and O–H groups in total. The first-order valence-electron chi connectivity index (χ1n) is 9.91. The number of aromatic amines is 1. The van der Waals surface area contributed by atoms with Crippen molar-refractivity contribution >= 4 is 10.9 Å². The Hall–Kier alpha value is -2.26. The monoisotopic (exact) mass is 346 g/mol. The Labute approximate surface area is 155 Å². The van der Waals surface area contributed by atoms with Gasteiger partial charge in [0.25, 0.3) is 0 Å². The van der Waals surface area contributed by atoms with E-state index >= 15 is 0 Å². The minimum atomic E-state index is 0.615. The average Bonchev–Trinajstić information content (AvgIpc) is 3.34. The van der Waals surface area contributed by atoms with Crippen LogP contribution in [-0.2, 0) is 19.4 Å². The largest absolute Gasteiger partial charge is 0.489 e. The summed E-state index contributed by atoms with van der Waals surface area (Å²) >= 11 is 0. The number of hydrogen-bond acceptors (Lipinski definition) is 2. The maximum absolute atomic E-state index is 6.01. The molecule has 1 atom stereocenters. The molecule has 3 heteroatoms. The van der Waals surface area contributed by atoms with Crippen LogP contribution < -0.4 is 4.74 Å². The molecule has 1 aliphatic carbocycles. The van der Waals surface area contributed by atoms with E-state index in [0.29, 0.717) is 6.61 Å². The maximum Gasteiger partial charge on any atom is 0.121 e. The predicted octanol–water partition coefficient (Wildman–Crippen LogP) is 4.70. The third kappa shape index (κ3) is 3.01. The van der Waals surface area contributed by atoms with Crippen LogP contribution in [0.1, 0.15) is 36.1 Å². The Bertz CT molecular complexity index is 893. The van der Waals surface area contributed by atoms with E-state index in [9.17, 15) is 0 Å². The summed E-state index contributed by atoms with van der Waals surface area (Å²) in [6, 6.07) is 17.6. The van der Waals surface area contributed by atoms with Gasteiger partial charge in [0.15, 0.2) is 0 Å². The van der Waals surface area contributed by atoms with Gasteiger partial charge in [-0.2, -0.15) is 0 Å². The number of nitrogens with zero attached hydrogens (tertiary/aromatic N) is 1. The molecule has 26 heavy (non-hydrogen) atoms. The van der Waals surface area contributed by atoms with Crippen LogP contribution >= 0.6 is 0 Å². The van der Waals surface area contributed by atoms with Crippen molar-refractivity contribution in [3.63, 3.8) is 0 Å². The molecule has 2 aromatic carbocycles. The zero-order valence-electron chi connectivity index (χ0n) is 15.2. The fourth-order valence-electron chi connectivity index (χ4n) is 4.63. The summed E-state index contributed by atoms with van der Waals surface area (Å²) in [6.07, 6.45) is 6.40. The molecule has 5 rings (SSSR count). The summed E-state index contributed by atoms with van der Waals surface area (Å²) in [5.74, 6) is 0.941. The molecule has 0 bridgehead atoms. The van der Waals surface area contributed by atoms with Gasteiger partial charge in [0.05, 0.1) is 0 Å². The van der Waals surface area contributed by atoms with Gasteiger partial charge in [0.1, 0.15) is 12.4 Å². The minimum absolute atomic E-state index is 0.615. The number of likely N-dealkylation sites (tertiary alicyclic amines) is 1. The summed E-state index contributed by atoms with van der Waals surface area (Å²) in [4.78, 5) is 6.37. The van der Waals surface area contributed by atoms with E-state index in [1.807, 2.05) is 6.07 Å². The zero-order chi connectivity index (χ0) is 17.3. The molecule has 1 unspecified atom stereocenters. The molecule has 0 saturated carbocycles. The van der Waals surface area contributed by atoms with E-state index in [4.69, 9.17) is 4.74 Å². The van der Waals surface area contributed by atoms with E-state index in [0.717, 1.165) is 11.8 Å². The highest BCUT2D eigenvalue weighted by molar-refractivity contribution is 5.86. The number of nitrogens with one attached hydrogen (secondary N) is 1. The molecular weight excluding hydrogens is 320 g/mol. The van der Waals surface area contributed by atoms with E-state index in [2.05, 4.69) is 52.3 Å². The maximum atomic E-state index is 6.01. The SMILES string of the molecule is c1ccc(COc2ccc3c4c([nH]c3c2)CCC(N2CCCC2)C4)cc1. The lowest BCUT2D eigenvalue weighted by atomic mass is 9.90. The van der Waals surface area contributed by atoms with Gasteiger partial charge >= 0.3 is 0 Å². The minimum Gasteiger partial charge on any atom is -0.489 e. The number of rotatable bonds is 4. The highest BCUT2D eigenvalue weighted by Crippen LogP contribution is 2.33. The van der Waals surface area contributed by atoms with Crippen LogP contribution in [0, 0.1) is 0 Å². The number of H-pyrrole nitrogens is 1. The molecule has 2 aliphatic rings. The van der Waals surface area contributed by atoms with Crippen molar-refractivity contribution in [1.29, 1.82) is 0 Å². The second-order valence-electron chi connectivity index (χ2n) is 7.70. The van der Waals surface area contributed by atoms with Crippen LogP contribution in [0.15, 0.2) is 48.5 Å². The van der Waals surface area contributed by atoms with Gasteiger partial charge in [-0.1, -0.05) is 30.3 Å². The second-order valence-corrected chi connectivity index (χ2v) is 7.70. The topological polar surface area (TPSA) is 28.3 Å². The van der Waals surface area contributed by atoms with Crippen molar-refractivity contribution in [3.8, 4) is 5.75 Å². The van der Waals surface area contributed by atoms with Crippen molar-refractivity contribution in [2.24, 2.45) is 0 Å². The first-order valence-corrected chi connectivity index (χ1v) is 9.91. The first-order chi connectivity index (χ1) is 12.9. The number of fused-ring (bicyclic) bond motifs is 3. The molecule has 1 aliphatic heterocycles. The standard InChI is InChI=1S/C23H26N2O/c1-2-6-17(7-3-1)16-26-19-9-10-20-21-14-18(25-12-4-5-13-25)8-11-22(21)24-23(20)15-19/h1-3,6-7,9-10,15,18,24H,4-5,8,11-14,16H2. The average molecular weight is 346 g/mol. The van der Waals surface area contributed by atoms with Crippen LogP contribution in [0.25, 0.3) is 10.9 Å². The Morgan fingerprint density at radius 3 is 2.73 bits per heavy atom. The van der Waals surface area contributed by atoms with Crippen molar-refractivity contribution in [3.05, 3.63) is 65.4 Å². The molecule has 1 aromatic heterocycles. The molecule has 3 aromatic rings. The summed E-state index contributed by atoms with van der Waals surface area (Å²) in [5.41, 5.74) is 5.41. The molecule has 3 nitrogen and oxygen atoms in total. The Morgan fingerprint density at radius 1 is 1.04 bits per heavy atom. The van der Waals surface area contributed by atoms with Gasteiger partial charge in [-0.05, 0) is 68.5 Å². The van der Waals surface area contributed by atoms with Crippen LogP contribution in [-0.4, -0.2) is 29.0 Å². The zero-order valence-corrected chi connectivity index (χ0v) is 15.2. The van der Waals surface area contributed by atoms with Crippen molar-refractivity contribution in [2.45, 2.75) is 44.8 Å². The normalized spacial score (nSPS) is 20.4. The Morgan fingerprint density at radius 2 is 1.88 bits per heavy atom. The third-order valence-corrected chi connectivity index (χ3v) is 6.04. The van der Waals surface area contributed by atoms with Gasteiger partial charge in [-0.3, -0.25) is 0 Å². The van der Waals surface area contributed by atoms with Crippen LogP contribution in [0.2, 0.25) is 0 Å². The van der Waals surface area contributed by atoms with Gasteiger partial charge in [0.2, 0.25) is 0 Å². The van der Waals surface area contributed by atoms with Crippen molar-refractivity contribution in [2.75, 3.05) is 13.1 Å². The molecule has 0 radical (unpaired) electrons. The molecule has 1 fully saturated rings. The van der Waals surface area contributed by atoms with E-state index in [1.165, 1.54) is 72.9 Å². The lowest BCUT2D eigenvalue weighted by Crippen LogP contribution is -2.37. The highest BCUT2D eigenvalue weighted by Gasteiger charge is 2.28. The predicted molar refractivity (Wildman–Crippen MR) is 106 cm³/mol. The molecule has 134 valence electrons.